The lowest BCUT2D eigenvalue weighted by atomic mass is 10.0. The lowest BCUT2D eigenvalue weighted by Gasteiger charge is -2.05. The predicted molar refractivity (Wildman–Crippen MR) is 117 cm³/mol. The first-order valence-electron chi connectivity index (χ1n) is 9.53. The van der Waals surface area contributed by atoms with Gasteiger partial charge in [0.25, 0.3) is 5.56 Å². The zero-order chi connectivity index (χ0) is 21.0. The zero-order valence-electron chi connectivity index (χ0n) is 16.1. The van der Waals surface area contributed by atoms with Crippen molar-refractivity contribution in [2.75, 3.05) is 6.26 Å². The predicted octanol–water partition coefficient (Wildman–Crippen LogP) is 4.29. The summed E-state index contributed by atoms with van der Waals surface area (Å²) in [4.78, 5) is 17.9. The molecular weight excluding hydrogens is 422 g/mol. The third kappa shape index (κ3) is 3.34. The molecule has 8 heteroatoms. The molecule has 1 aliphatic carbocycles. The second-order valence-corrected chi connectivity index (χ2v) is 10.1. The smallest absolute Gasteiger partial charge is 0.273 e. The number of nitrogens with zero attached hydrogens (tertiary/aromatic N) is 2. The van der Waals surface area contributed by atoms with E-state index in [-0.39, 0.29) is 10.5 Å². The maximum Gasteiger partial charge on any atom is 0.273 e. The lowest BCUT2D eigenvalue weighted by Crippen LogP contribution is -2.14. The second kappa shape index (κ2) is 6.82. The topological polar surface area (TPSA) is 84.3 Å². The molecule has 30 heavy (non-hydrogen) atoms. The van der Waals surface area contributed by atoms with Crippen molar-refractivity contribution in [2.45, 2.75) is 23.7 Å². The Morgan fingerprint density at radius 1 is 1.03 bits per heavy atom. The molecule has 152 valence electrons. The summed E-state index contributed by atoms with van der Waals surface area (Å²) >= 11 is 6.06. The molecular formula is C22H18ClN3O3S. The van der Waals surface area contributed by atoms with Gasteiger partial charge in [-0.2, -0.15) is 0 Å². The van der Waals surface area contributed by atoms with E-state index in [1.165, 1.54) is 22.7 Å². The van der Waals surface area contributed by atoms with Crippen LogP contribution in [0, 0.1) is 0 Å². The number of sulfone groups is 1. The molecule has 1 fully saturated rings. The van der Waals surface area contributed by atoms with Gasteiger partial charge in [-0.3, -0.25) is 9.89 Å². The van der Waals surface area contributed by atoms with Crippen LogP contribution in [0.15, 0.2) is 64.3 Å². The van der Waals surface area contributed by atoms with Crippen LogP contribution in [0.4, 0.5) is 0 Å². The summed E-state index contributed by atoms with van der Waals surface area (Å²) < 4.78 is 24.9. The number of hydrogen-bond donors (Lipinski definition) is 1. The van der Waals surface area contributed by atoms with E-state index in [2.05, 4.69) is 5.10 Å². The van der Waals surface area contributed by atoms with Crippen LogP contribution >= 0.6 is 11.6 Å². The summed E-state index contributed by atoms with van der Waals surface area (Å²) in [6.07, 6.45) is 3.31. The van der Waals surface area contributed by atoms with Gasteiger partial charge >= 0.3 is 0 Å². The first-order chi connectivity index (χ1) is 14.3. The van der Waals surface area contributed by atoms with E-state index in [1.807, 2.05) is 24.3 Å². The second-order valence-electron chi connectivity index (χ2n) is 7.62. The Morgan fingerprint density at radius 2 is 1.67 bits per heavy atom. The van der Waals surface area contributed by atoms with E-state index in [9.17, 15) is 13.2 Å². The molecule has 2 aromatic carbocycles. The summed E-state index contributed by atoms with van der Waals surface area (Å²) in [7, 11) is -3.29. The van der Waals surface area contributed by atoms with Gasteiger partial charge in [0.1, 0.15) is 0 Å². The summed E-state index contributed by atoms with van der Waals surface area (Å²) in [5.74, 6) is 0.384. The average molecular weight is 440 g/mol. The van der Waals surface area contributed by atoms with E-state index in [0.29, 0.717) is 27.8 Å². The Labute approximate surface area is 178 Å². The van der Waals surface area contributed by atoms with Gasteiger partial charge in [0.2, 0.25) is 0 Å². The van der Waals surface area contributed by atoms with Crippen LogP contribution in [-0.4, -0.2) is 29.3 Å². The SMILES string of the molecule is CS(=O)(=O)c1ccc(-c2cc(=O)n3[nH]c(C4CC4)c(-c4ccc(Cl)cc4)c3n2)cc1. The highest BCUT2D eigenvalue weighted by Gasteiger charge is 2.31. The molecule has 6 nitrogen and oxygen atoms in total. The number of fused-ring (bicyclic) bond motifs is 1. The highest BCUT2D eigenvalue weighted by molar-refractivity contribution is 7.90. The van der Waals surface area contributed by atoms with Crippen molar-refractivity contribution < 1.29 is 8.42 Å². The average Bonchev–Trinajstić information content (AvgIpc) is 3.49. The van der Waals surface area contributed by atoms with Crippen molar-refractivity contribution in [3.63, 3.8) is 0 Å². The Hall–Kier alpha value is -2.90. The van der Waals surface area contributed by atoms with Gasteiger partial charge in [0.05, 0.1) is 10.6 Å². The van der Waals surface area contributed by atoms with Gasteiger partial charge in [-0.05, 0) is 42.7 Å². The summed E-state index contributed by atoms with van der Waals surface area (Å²) in [5, 5.41) is 3.89. The molecule has 2 heterocycles. The van der Waals surface area contributed by atoms with Gasteiger partial charge < -0.3 is 0 Å². The summed E-state index contributed by atoms with van der Waals surface area (Å²) in [5.41, 5.74) is 4.36. The largest absolute Gasteiger partial charge is 0.293 e. The molecule has 0 saturated heterocycles. The number of aromatic nitrogens is 3. The highest BCUT2D eigenvalue weighted by Crippen LogP contribution is 2.45. The Balaban J connectivity index is 1.72. The lowest BCUT2D eigenvalue weighted by molar-refractivity contribution is 0.602. The van der Waals surface area contributed by atoms with Gasteiger partial charge in [0.15, 0.2) is 15.5 Å². The van der Waals surface area contributed by atoms with E-state index >= 15 is 0 Å². The van der Waals surface area contributed by atoms with Crippen molar-refractivity contribution in [2.24, 2.45) is 0 Å². The van der Waals surface area contributed by atoms with Crippen LogP contribution in [0.2, 0.25) is 5.02 Å². The molecule has 0 spiro atoms. The fraction of sp³-hybridized carbons (Fsp3) is 0.182. The third-order valence-electron chi connectivity index (χ3n) is 5.34. The molecule has 2 aromatic heterocycles. The Morgan fingerprint density at radius 3 is 2.27 bits per heavy atom. The standard InChI is InChI=1S/C22H18ClN3O3S/c1-30(28,29)17-10-6-13(7-11-17)18-12-19(27)26-22(24-18)20(21(25-26)15-2-3-15)14-4-8-16(23)9-5-14/h4-12,15,25H,2-3H2,1H3. The molecule has 4 aromatic rings. The molecule has 0 bridgehead atoms. The monoisotopic (exact) mass is 439 g/mol. The van der Waals surface area contributed by atoms with E-state index in [4.69, 9.17) is 16.6 Å². The van der Waals surface area contributed by atoms with Gasteiger partial charge in [-0.25, -0.2) is 17.9 Å². The number of benzene rings is 2. The molecule has 1 aliphatic rings. The van der Waals surface area contributed by atoms with E-state index in [0.717, 1.165) is 35.9 Å². The van der Waals surface area contributed by atoms with E-state index < -0.39 is 9.84 Å². The van der Waals surface area contributed by atoms with Crippen LogP contribution in [-0.2, 0) is 9.84 Å². The number of H-pyrrole nitrogens is 1. The molecule has 0 amide bonds. The minimum atomic E-state index is -3.29. The van der Waals surface area contributed by atoms with Crippen LogP contribution in [0.3, 0.4) is 0 Å². The first kappa shape index (κ1) is 19.1. The first-order valence-corrected chi connectivity index (χ1v) is 11.8. The Kier molecular flexibility index (Phi) is 4.34. The van der Waals surface area contributed by atoms with Crippen LogP contribution in [0.5, 0.6) is 0 Å². The molecule has 0 unspecified atom stereocenters. The fourth-order valence-corrected chi connectivity index (χ4v) is 4.40. The van der Waals surface area contributed by atoms with Gasteiger partial charge in [-0.1, -0.05) is 35.9 Å². The minimum Gasteiger partial charge on any atom is -0.293 e. The molecule has 0 atom stereocenters. The minimum absolute atomic E-state index is 0.218. The third-order valence-corrected chi connectivity index (χ3v) is 6.72. The van der Waals surface area contributed by atoms with Crippen LogP contribution in [0.25, 0.3) is 28.0 Å². The molecule has 1 saturated carbocycles. The summed E-state index contributed by atoms with van der Waals surface area (Å²) in [6, 6.07) is 15.4. The maximum atomic E-state index is 12.9. The van der Waals surface area contributed by atoms with Crippen molar-refractivity contribution in [3.8, 4) is 22.4 Å². The fourth-order valence-electron chi connectivity index (χ4n) is 3.64. The number of nitrogens with one attached hydrogen (secondary N) is 1. The summed E-state index contributed by atoms with van der Waals surface area (Å²) in [6.45, 7) is 0. The van der Waals surface area contributed by atoms with Crippen molar-refractivity contribution >= 4 is 27.1 Å². The molecule has 0 radical (unpaired) electrons. The molecule has 0 aliphatic heterocycles. The number of hydrogen-bond acceptors (Lipinski definition) is 4. The normalized spacial score (nSPS) is 14.3. The van der Waals surface area contributed by atoms with E-state index in [1.54, 1.807) is 12.1 Å². The van der Waals surface area contributed by atoms with Crippen molar-refractivity contribution in [1.29, 1.82) is 0 Å². The quantitative estimate of drug-likeness (QED) is 0.514. The van der Waals surface area contributed by atoms with Crippen LogP contribution in [0.1, 0.15) is 24.5 Å². The van der Waals surface area contributed by atoms with Gasteiger partial charge in [-0.15, -0.1) is 0 Å². The Bertz CT molecular complexity index is 1430. The number of rotatable bonds is 4. The van der Waals surface area contributed by atoms with Gasteiger partial charge in [0, 0.05) is 40.1 Å². The van der Waals surface area contributed by atoms with Crippen molar-refractivity contribution in [1.82, 2.24) is 14.6 Å². The van der Waals surface area contributed by atoms with Crippen LogP contribution < -0.4 is 5.56 Å². The molecule has 1 N–H and O–H groups in total. The highest BCUT2D eigenvalue weighted by atomic mass is 35.5. The zero-order valence-corrected chi connectivity index (χ0v) is 17.7. The maximum absolute atomic E-state index is 12.9. The number of halogens is 1. The number of aromatic amines is 1. The van der Waals surface area contributed by atoms with Crippen molar-refractivity contribution in [3.05, 3.63) is 75.7 Å². The molecule has 5 rings (SSSR count).